The van der Waals surface area contributed by atoms with Crippen molar-refractivity contribution in [2.75, 3.05) is 0 Å². The molecule has 3 aliphatic rings. The van der Waals surface area contributed by atoms with E-state index in [2.05, 4.69) is 22.1 Å². The summed E-state index contributed by atoms with van der Waals surface area (Å²) in [6.07, 6.45) is 2.39. The maximum Gasteiger partial charge on any atom is 0.297 e. The molecule has 1 spiro atoms. The molecule has 3 aliphatic carbocycles. The van der Waals surface area contributed by atoms with Crippen molar-refractivity contribution in [1.29, 1.82) is 0 Å². The maximum atomic E-state index is 12.8. The van der Waals surface area contributed by atoms with Gasteiger partial charge in [0.1, 0.15) is 5.52 Å². The smallest absolute Gasteiger partial charge is 0.297 e. The number of fused-ring (bicyclic) bond motifs is 1. The van der Waals surface area contributed by atoms with Crippen LogP contribution in [0.25, 0.3) is 11.1 Å². The third-order valence-electron chi connectivity index (χ3n) is 6.84. The van der Waals surface area contributed by atoms with E-state index in [0.717, 1.165) is 6.07 Å². The highest BCUT2D eigenvalue weighted by Crippen LogP contribution is 2.57. The molecule has 11 nitrogen and oxygen atoms in total. The molecule has 1 atom stereocenters. The minimum atomic E-state index is -4.23. The molecule has 0 aliphatic heterocycles. The zero-order chi connectivity index (χ0) is 26.2. The fourth-order valence-corrected chi connectivity index (χ4v) is 6.18. The van der Waals surface area contributed by atoms with E-state index in [1.165, 1.54) is 6.07 Å². The molecule has 2 amide bonds. The number of amides is 2. The Hall–Kier alpha value is -3.37. The van der Waals surface area contributed by atoms with Crippen LogP contribution in [-0.4, -0.2) is 30.9 Å². The van der Waals surface area contributed by atoms with Gasteiger partial charge >= 0.3 is 0 Å². The molecule has 0 saturated heterocycles. The molecule has 2 heterocycles. The molecule has 0 bridgehead atoms. The molecule has 2 aromatic heterocycles. The van der Waals surface area contributed by atoms with Crippen molar-refractivity contribution in [2.24, 2.45) is 22.8 Å². The lowest BCUT2D eigenvalue weighted by Crippen LogP contribution is -2.60. The molecular formula is C24H22ClN5O6S. The average Bonchev–Trinajstić information content (AvgIpc) is 3.22. The van der Waals surface area contributed by atoms with Gasteiger partial charge in [0.05, 0.1) is 5.54 Å². The Labute approximate surface area is 216 Å². The number of oxazole rings is 1. The fourth-order valence-electron chi connectivity index (χ4n) is 5.04. The molecule has 0 unspecified atom stereocenters. The summed E-state index contributed by atoms with van der Waals surface area (Å²) < 4.78 is 37.8. The van der Waals surface area contributed by atoms with Crippen molar-refractivity contribution in [3.8, 4) is 11.8 Å². The lowest BCUT2D eigenvalue weighted by Gasteiger charge is -2.49. The number of benzene rings is 1. The highest BCUT2D eigenvalue weighted by atomic mass is 35.5. The molecule has 2 fully saturated rings. The lowest BCUT2D eigenvalue weighted by atomic mass is 9.57. The lowest BCUT2D eigenvalue weighted by molar-refractivity contribution is -0.120. The van der Waals surface area contributed by atoms with Gasteiger partial charge in [-0.1, -0.05) is 23.4 Å². The predicted octanol–water partition coefficient (Wildman–Crippen LogP) is 1.72. The second-order valence-electron chi connectivity index (χ2n) is 10.1. The topological polar surface area (TPSA) is 184 Å². The summed E-state index contributed by atoms with van der Waals surface area (Å²) in [6, 6.07) is 7.43. The van der Waals surface area contributed by atoms with Crippen LogP contribution in [0.2, 0.25) is 5.02 Å². The molecular weight excluding hydrogens is 522 g/mol. The first-order chi connectivity index (χ1) is 17.4. The van der Waals surface area contributed by atoms with Crippen LogP contribution in [0.1, 0.15) is 48.5 Å². The van der Waals surface area contributed by atoms with Crippen LogP contribution >= 0.6 is 11.6 Å². The van der Waals surface area contributed by atoms with Gasteiger partial charge in [0, 0.05) is 22.8 Å². The SMILES string of the molecule is N[C@]1(NC(=O)c2ccc(S(=O)(=O)NC(=O)C3CC3)o2)C#C[C@]2(C1)C[C@](N)(c1nc3cc(Cl)ccc3o1)C2. The summed E-state index contributed by atoms with van der Waals surface area (Å²) in [4.78, 5) is 29.1. The molecule has 0 radical (unpaired) electrons. The Morgan fingerprint density at radius 1 is 1.08 bits per heavy atom. The Bertz CT molecular complexity index is 1640. The molecule has 37 heavy (non-hydrogen) atoms. The van der Waals surface area contributed by atoms with Crippen LogP contribution in [0.3, 0.4) is 0 Å². The van der Waals surface area contributed by atoms with Crippen molar-refractivity contribution in [1.82, 2.24) is 15.0 Å². The van der Waals surface area contributed by atoms with E-state index < -0.39 is 43.5 Å². The standard InChI is InChI=1S/C24H22ClN5O6S/c25-14-3-4-16-15(9-14)28-21(36-16)23(26)10-22(11-23)7-8-24(27,12-22)29-20(32)17-5-6-18(35-17)37(33,34)30-19(31)13-1-2-13/h3-6,9,13H,1-2,10-12,26-27H2,(H,29,32)(H,30,31)/t22-,23+,24-/m0/s1. The van der Waals surface area contributed by atoms with E-state index in [0.29, 0.717) is 47.7 Å². The van der Waals surface area contributed by atoms with Gasteiger partial charge < -0.3 is 19.9 Å². The summed E-state index contributed by atoms with van der Waals surface area (Å²) in [5.74, 6) is 4.47. The average molecular weight is 544 g/mol. The van der Waals surface area contributed by atoms with Crippen molar-refractivity contribution >= 4 is 44.5 Å². The number of carbonyl (C=O) groups is 2. The van der Waals surface area contributed by atoms with Crippen molar-refractivity contribution in [3.05, 3.63) is 47.0 Å². The van der Waals surface area contributed by atoms with E-state index in [1.807, 2.05) is 4.72 Å². The summed E-state index contributed by atoms with van der Waals surface area (Å²) in [6.45, 7) is 0. The monoisotopic (exact) mass is 543 g/mol. The van der Waals surface area contributed by atoms with E-state index >= 15 is 0 Å². The molecule has 2 saturated carbocycles. The first kappa shape index (κ1) is 24.0. The predicted molar refractivity (Wildman–Crippen MR) is 130 cm³/mol. The second kappa shape index (κ2) is 7.82. The molecule has 6 N–H and O–H groups in total. The van der Waals surface area contributed by atoms with Crippen LogP contribution in [0.5, 0.6) is 0 Å². The number of nitrogens with zero attached hydrogens (tertiary/aromatic N) is 1. The first-order valence-corrected chi connectivity index (χ1v) is 13.4. The van der Waals surface area contributed by atoms with E-state index in [-0.39, 0.29) is 18.1 Å². The van der Waals surface area contributed by atoms with Gasteiger partial charge in [-0.3, -0.25) is 15.3 Å². The zero-order valence-corrected chi connectivity index (χ0v) is 20.9. The van der Waals surface area contributed by atoms with Crippen LogP contribution in [-0.2, 0) is 20.4 Å². The van der Waals surface area contributed by atoms with Crippen molar-refractivity contribution in [2.45, 2.75) is 48.4 Å². The Morgan fingerprint density at radius 3 is 2.57 bits per heavy atom. The van der Waals surface area contributed by atoms with Gasteiger partial charge in [-0.25, -0.2) is 9.71 Å². The van der Waals surface area contributed by atoms with Crippen LogP contribution in [0.4, 0.5) is 0 Å². The van der Waals surface area contributed by atoms with E-state index in [4.69, 9.17) is 31.9 Å². The summed E-state index contributed by atoms with van der Waals surface area (Å²) in [7, 11) is -4.23. The van der Waals surface area contributed by atoms with Gasteiger partial charge in [-0.2, -0.15) is 8.42 Å². The Morgan fingerprint density at radius 2 is 1.84 bits per heavy atom. The van der Waals surface area contributed by atoms with Gasteiger partial charge in [0.2, 0.25) is 16.9 Å². The van der Waals surface area contributed by atoms with Crippen LogP contribution in [0, 0.1) is 23.2 Å². The van der Waals surface area contributed by atoms with Gasteiger partial charge in [0.15, 0.2) is 17.0 Å². The molecule has 6 rings (SSSR count). The quantitative estimate of drug-likeness (QED) is 0.265. The number of carbonyl (C=O) groups excluding carboxylic acids is 2. The number of furan rings is 1. The highest BCUT2D eigenvalue weighted by Gasteiger charge is 2.59. The summed E-state index contributed by atoms with van der Waals surface area (Å²) in [5, 5.41) is 2.61. The number of halogens is 1. The second-order valence-corrected chi connectivity index (χ2v) is 12.2. The summed E-state index contributed by atoms with van der Waals surface area (Å²) >= 11 is 6.03. The highest BCUT2D eigenvalue weighted by molar-refractivity contribution is 7.89. The van der Waals surface area contributed by atoms with Crippen molar-refractivity contribution < 1.29 is 26.8 Å². The molecule has 192 valence electrons. The molecule has 3 aromatic rings. The number of aromatic nitrogens is 1. The minimum Gasteiger partial charge on any atom is -0.439 e. The number of nitrogens with one attached hydrogen (secondary N) is 2. The third-order valence-corrected chi connectivity index (χ3v) is 8.29. The number of nitrogens with two attached hydrogens (primary N) is 2. The largest absolute Gasteiger partial charge is 0.439 e. The van der Waals surface area contributed by atoms with E-state index in [9.17, 15) is 18.0 Å². The minimum absolute atomic E-state index is 0.264. The fraction of sp³-hybridized carbons (Fsp3) is 0.375. The first-order valence-electron chi connectivity index (χ1n) is 11.6. The zero-order valence-electron chi connectivity index (χ0n) is 19.3. The van der Waals surface area contributed by atoms with Crippen LogP contribution < -0.4 is 21.5 Å². The molecule has 13 heteroatoms. The Kier molecular flexibility index (Phi) is 5.07. The van der Waals surface area contributed by atoms with Gasteiger partial charge in [-0.15, -0.1) is 0 Å². The number of sulfonamides is 1. The number of rotatable bonds is 6. The maximum absolute atomic E-state index is 12.8. The Balaban J connectivity index is 1.11. The van der Waals surface area contributed by atoms with Gasteiger partial charge in [-0.05, 0) is 56.0 Å². The molecule has 1 aromatic carbocycles. The summed E-state index contributed by atoms with van der Waals surface area (Å²) in [5.41, 5.74) is 11.4. The number of hydrogen-bond acceptors (Lipinski definition) is 9. The normalized spacial score (nSPS) is 28.5. The third kappa shape index (κ3) is 4.27. The van der Waals surface area contributed by atoms with Crippen molar-refractivity contribution in [3.63, 3.8) is 0 Å². The van der Waals surface area contributed by atoms with E-state index in [1.54, 1.807) is 18.2 Å². The number of hydrogen-bond donors (Lipinski definition) is 4. The van der Waals surface area contributed by atoms with Gasteiger partial charge in [0.25, 0.3) is 15.9 Å². The van der Waals surface area contributed by atoms with Crippen LogP contribution in [0.15, 0.2) is 44.3 Å².